The van der Waals surface area contributed by atoms with E-state index in [1.54, 1.807) is 7.11 Å². The first kappa shape index (κ1) is 16.0. The quantitative estimate of drug-likeness (QED) is 0.763. The Morgan fingerprint density at radius 3 is 2.60 bits per heavy atom. The summed E-state index contributed by atoms with van der Waals surface area (Å²) in [4.78, 5) is 4.46. The monoisotopic (exact) mass is 338 g/mol. The molecule has 0 radical (unpaired) electrons. The van der Waals surface area contributed by atoms with Crippen LogP contribution in [0.3, 0.4) is 0 Å². The Labute approximate surface area is 146 Å². The molecular weight excluding hydrogens is 316 g/mol. The lowest BCUT2D eigenvalue weighted by Gasteiger charge is -2.28. The molecule has 6 heteroatoms. The third kappa shape index (κ3) is 2.98. The van der Waals surface area contributed by atoms with Gasteiger partial charge >= 0.3 is 0 Å². The smallest absolute Gasteiger partial charge is 0.278 e. The normalized spacial score (nSPS) is 16.4. The average Bonchev–Trinajstić information content (AvgIpc) is 3.36. The summed E-state index contributed by atoms with van der Waals surface area (Å²) < 4.78 is 10.8. The maximum Gasteiger partial charge on any atom is 0.278 e. The van der Waals surface area contributed by atoms with Gasteiger partial charge in [-0.2, -0.15) is 10.1 Å². The van der Waals surface area contributed by atoms with Crippen LogP contribution in [0, 0.1) is 6.92 Å². The molecular formula is C19H22N4O2. The molecule has 130 valence electrons. The summed E-state index contributed by atoms with van der Waals surface area (Å²) in [5.41, 5.74) is 4.05. The van der Waals surface area contributed by atoms with Gasteiger partial charge in [0.2, 0.25) is 5.82 Å². The molecule has 1 saturated carbocycles. The Kier molecular flexibility index (Phi) is 4.13. The van der Waals surface area contributed by atoms with Crippen molar-refractivity contribution in [3.8, 4) is 23.0 Å². The van der Waals surface area contributed by atoms with E-state index in [1.807, 2.05) is 13.0 Å². The Balaban J connectivity index is 1.59. The van der Waals surface area contributed by atoms with Gasteiger partial charge in [-0.15, -0.1) is 0 Å². The number of hydrogen-bond donors (Lipinski definition) is 1. The summed E-state index contributed by atoms with van der Waals surface area (Å²) in [6, 6.07) is 10.4. The minimum atomic E-state index is 0.155. The number of nitrogens with zero attached hydrogens (tertiary/aromatic N) is 3. The molecule has 0 bridgehead atoms. The first-order valence-electron chi connectivity index (χ1n) is 8.66. The van der Waals surface area contributed by atoms with Crippen molar-refractivity contribution in [2.75, 3.05) is 13.7 Å². The molecule has 4 rings (SSSR count). The molecule has 1 fully saturated rings. The van der Waals surface area contributed by atoms with Gasteiger partial charge in [-0.25, -0.2) is 0 Å². The predicted molar refractivity (Wildman–Crippen MR) is 94.1 cm³/mol. The Morgan fingerprint density at radius 2 is 1.96 bits per heavy atom. The van der Waals surface area contributed by atoms with Gasteiger partial charge < -0.3 is 9.26 Å². The number of rotatable bonds is 5. The molecule has 25 heavy (non-hydrogen) atoms. The second-order valence-corrected chi connectivity index (χ2v) is 6.86. The van der Waals surface area contributed by atoms with Crippen LogP contribution in [0.1, 0.15) is 36.9 Å². The van der Waals surface area contributed by atoms with E-state index in [4.69, 9.17) is 9.26 Å². The van der Waals surface area contributed by atoms with Crippen LogP contribution in [0.2, 0.25) is 0 Å². The molecule has 2 heterocycles. The zero-order valence-corrected chi connectivity index (χ0v) is 14.6. The van der Waals surface area contributed by atoms with Gasteiger partial charge in [0, 0.05) is 23.8 Å². The van der Waals surface area contributed by atoms with E-state index in [-0.39, 0.29) is 5.41 Å². The number of nitrogens with one attached hydrogen (secondary N) is 1. The molecule has 1 aromatic carbocycles. The standard InChI is InChI=1S/C19H22N4O2/c1-13-11-16(22-21-13)18-20-17(23-25-18)14-5-7-15(8-6-14)19(12-24-2)9-3-4-10-19/h5-8,11H,3-4,9-10,12H2,1-2H3,(H,21,22). The fraction of sp³-hybridized carbons (Fsp3) is 0.421. The first-order valence-corrected chi connectivity index (χ1v) is 8.66. The molecule has 2 aromatic heterocycles. The van der Waals surface area contributed by atoms with Gasteiger partial charge in [0.05, 0.1) is 6.61 Å². The second-order valence-electron chi connectivity index (χ2n) is 6.86. The number of ether oxygens (including phenoxy) is 1. The van der Waals surface area contributed by atoms with E-state index in [2.05, 4.69) is 44.6 Å². The van der Waals surface area contributed by atoms with Crippen molar-refractivity contribution in [1.29, 1.82) is 0 Å². The first-order chi connectivity index (χ1) is 12.2. The van der Waals surface area contributed by atoms with Crippen LogP contribution in [0.15, 0.2) is 34.9 Å². The zero-order chi connectivity index (χ0) is 17.3. The number of hydrogen-bond acceptors (Lipinski definition) is 5. The zero-order valence-electron chi connectivity index (χ0n) is 14.6. The van der Waals surface area contributed by atoms with Crippen molar-refractivity contribution < 1.29 is 9.26 Å². The van der Waals surface area contributed by atoms with Gasteiger partial charge in [-0.3, -0.25) is 5.10 Å². The topological polar surface area (TPSA) is 76.8 Å². The van der Waals surface area contributed by atoms with Crippen LogP contribution >= 0.6 is 0 Å². The van der Waals surface area contributed by atoms with E-state index in [9.17, 15) is 0 Å². The van der Waals surface area contributed by atoms with Crippen molar-refractivity contribution >= 4 is 0 Å². The number of H-pyrrole nitrogens is 1. The Bertz CT molecular complexity index is 844. The molecule has 0 aliphatic heterocycles. The lowest BCUT2D eigenvalue weighted by Crippen LogP contribution is -2.27. The second kappa shape index (κ2) is 6.44. The minimum Gasteiger partial charge on any atom is -0.384 e. The van der Waals surface area contributed by atoms with Crippen LogP contribution in [-0.2, 0) is 10.2 Å². The summed E-state index contributed by atoms with van der Waals surface area (Å²) in [6.07, 6.45) is 4.90. The molecule has 3 aromatic rings. The minimum absolute atomic E-state index is 0.155. The predicted octanol–water partition coefficient (Wildman–Crippen LogP) is 3.89. The van der Waals surface area contributed by atoms with Crippen molar-refractivity contribution in [1.82, 2.24) is 20.3 Å². The van der Waals surface area contributed by atoms with Crippen LogP contribution in [0.5, 0.6) is 0 Å². The van der Waals surface area contributed by atoms with Crippen LogP contribution in [-0.4, -0.2) is 34.1 Å². The molecule has 1 N–H and O–H groups in total. The van der Waals surface area contributed by atoms with E-state index >= 15 is 0 Å². The molecule has 6 nitrogen and oxygen atoms in total. The third-order valence-corrected chi connectivity index (χ3v) is 5.09. The number of benzene rings is 1. The van der Waals surface area contributed by atoms with Gasteiger partial charge in [0.25, 0.3) is 5.89 Å². The summed E-state index contributed by atoms with van der Waals surface area (Å²) in [7, 11) is 1.78. The van der Waals surface area contributed by atoms with Crippen molar-refractivity contribution in [3.05, 3.63) is 41.6 Å². The number of methoxy groups -OCH3 is 1. The van der Waals surface area contributed by atoms with Gasteiger partial charge in [0.1, 0.15) is 0 Å². The lowest BCUT2D eigenvalue weighted by atomic mass is 9.79. The SMILES string of the molecule is COCC1(c2ccc(-c3noc(-c4cc(C)[nH]n4)n3)cc2)CCCC1. The molecule has 0 atom stereocenters. The van der Waals surface area contributed by atoms with Gasteiger partial charge in [0.15, 0.2) is 5.69 Å². The molecule has 0 spiro atoms. The molecule has 0 amide bonds. The van der Waals surface area contributed by atoms with Crippen LogP contribution < -0.4 is 0 Å². The summed E-state index contributed by atoms with van der Waals surface area (Å²) in [6.45, 7) is 2.71. The van der Waals surface area contributed by atoms with Crippen LogP contribution in [0.4, 0.5) is 0 Å². The maximum absolute atomic E-state index is 5.50. The van der Waals surface area contributed by atoms with Gasteiger partial charge in [-0.05, 0) is 31.4 Å². The molecule has 0 saturated heterocycles. The highest BCUT2D eigenvalue weighted by molar-refractivity contribution is 5.58. The Hall–Kier alpha value is -2.47. The number of aromatic nitrogens is 4. The van der Waals surface area contributed by atoms with Crippen LogP contribution in [0.25, 0.3) is 23.0 Å². The fourth-order valence-corrected chi connectivity index (χ4v) is 3.79. The summed E-state index contributed by atoms with van der Waals surface area (Å²) >= 11 is 0. The van der Waals surface area contributed by atoms with Crippen molar-refractivity contribution in [2.24, 2.45) is 0 Å². The van der Waals surface area contributed by atoms with Crippen molar-refractivity contribution in [3.63, 3.8) is 0 Å². The van der Waals surface area contributed by atoms with E-state index in [0.29, 0.717) is 17.4 Å². The summed E-state index contributed by atoms with van der Waals surface area (Å²) in [5, 5.41) is 11.1. The number of aryl methyl sites for hydroxylation is 1. The third-order valence-electron chi connectivity index (χ3n) is 5.09. The highest BCUT2D eigenvalue weighted by atomic mass is 16.5. The number of aromatic amines is 1. The van der Waals surface area contributed by atoms with Gasteiger partial charge in [-0.1, -0.05) is 42.3 Å². The summed E-state index contributed by atoms with van der Waals surface area (Å²) in [5.74, 6) is 1.00. The molecule has 1 aliphatic carbocycles. The highest BCUT2D eigenvalue weighted by Crippen LogP contribution is 2.41. The fourth-order valence-electron chi connectivity index (χ4n) is 3.79. The largest absolute Gasteiger partial charge is 0.384 e. The molecule has 0 unspecified atom stereocenters. The maximum atomic E-state index is 5.50. The Morgan fingerprint density at radius 1 is 1.20 bits per heavy atom. The van der Waals surface area contributed by atoms with E-state index in [0.717, 1.165) is 17.9 Å². The molecule has 1 aliphatic rings. The highest BCUT2D eigenvalue weighted by Gasteiger charge is 2.35. The average molecular weight is 338 g/mol. The lowest BCUT2D eigenvalue weighted by molar-refractivity contribution is 0.131. The van der Waals surface area contributed by atoms with Crippen molar-refractivity contribution in [2.45, 2.75) is 38.0 Å². The van der Waals surface area contributed by atoms with E-state index < -0.39 is 0 Å². The van der Waals surface area contributed by atoms with E-state index in [1.165, 1.54) is 31.2 Å².